The molecule has 1 atom stereocenters. The van der Waals surface area contributed by atoms with E-state index in [4.69, 9.17) is 15.6 Å². The van der Waals surface area contributed by atoms with Crippen LogP contribution in [-0.4, -0.2) is 54.9 Å². The molecule has 5 nitrogen and oxygen atoms in total. The van der Waals surface area contributed by atoms with Gasteiger partial charge in [0.15, 0.2) is 0 Å². The summed E-state index contributed by atoms with van der Waals surface area (Å²) in [6, 6.07) is -0.00481. The predicted molar refractivity (Wildman–Crippen MR) is 47.5 cm³/mol. The van der Waals surface area contributed by atoms with Gasteiger partial charge in [0.2, 0.25) is 0 Å². The first-order valence-electron chi connectivity index (χ1n) is 4.47. The highest BCUT2D eigenvalue weighted by molar-refractivity contribution is 5.67. The van der Waals surface area contributed by atoms with Gasteiger partial charge in [-0.3, -0.25) is 9.69 Å². The second kappa shape index (κ2) is 5.16. The lowest BCUT2D eigenvalue weighted by Crippen LogP contribution is -2.48. The van der Waals surface area contributed by atoms with E-state index in [9.17, 15) is 4.79 Å². The van der Waals surface area contributed by atoms with Gasteiger partial charge in [-0.25, -0.2) is 0 Å². The Morgan fingerprint density at radius 2 is 2.46 bits per heavy atom. The van der Waals surface area contributed by atoms with Gasteiger partial charge in [0, 0.05) is 25.7 Å². The molecule has 0 radical (unpaired) electrons. The molecule has 0 saturated carbocycles. The molecule has 1 fully saturated rings. The summed E-state index contributed by atoms with van der Waals surface area (Å²) in [6.45, 7) is 3.29. The van der Waals surface area contributed by atoms with Gasteiger partial charge >= 0.3 is 5.97 Å². The van der Waals surface area contributed by atoms with Crippen molar-refractivity contribution in [3.05, 3.63) is 0 Å². The van der Waals surface area contributed by atoms with Crippen LogP contribution in [0.25, 0.3) is 0 Å². The van der Waals surface area contributed by atoms with Crippen molar-refractivity contribution < 1.29 is 14.6 Å². The van der Waals surface area contributed by atoms with Gasteiger partial charge in [-0.15, -0.1) is 0 Å². The van der Waals surface area contributed by atoms with Crippen molar-refractivity contribution in [3.63, 3.8) is 0 Å². The highest BCUT2D eigenvalue weighted by Crippen LogP contribution is 2.09. The van der Waals surface area contributed by atoms with Gasteiger partial charge in [0.1, 0.15) is 0 Å². The summed E-state index contributed by atoms with van der Waals surface area (Å²) in [5, 5.41) is 8.64. The maximum atomic E-state index is 10.5. The van der Waals surface area contributed by atoms with Gasteiger partial charge < -0.3 is 15.6 Å². The van der Waals surface area contributed by atoms with E-state index in [-0.39, 0.29) is 12.5 Å². The molecule has 1 aliphatic rings. The molecule has 0 aromatic heterocycles. The molecule has 0 bridgehead atoms. The fourth-order valence-corrected chi connectivity index (χ4v) is 1.54. The second-order valence-electron chi connectivity index (χ2n) is 3.15. The standard InChI is InChI=1S/C8H16N2O3/c9-1-2-10-3-4-13-6-7(10)5-8(11)12/h7H,1-6,9H2,(H,11,12). The zero-order chi connectivity index (χ0) is 9.68. The highest BCUT2D eigenvalue weighted by Gasteiger charge is 2.24. The molecule has 0 aromatic rings. The Kier molecular flexibility index (Phi) is 4.14. The van der Waals surface area contributed by atoms with Crippen LogP contribution in [0.1, 0.15) is 6.42 Å². The third-order valence-electron chi connectivity index (χ3n) is 2.18. The predicted octanol–water partition coefficient (Wildman–Crippen LogP) is -0.879. The number of morpholine rings is 1. The minimum Gasteiger partial charge on any atom is -0.481 e. The maximum Gasteiger partial charge on any atom is 0.305 e. The zero-order valence-electron chi connectivity index (χ0n) is 7.61. The number of rotatable bonds is 4. The van der Waals surface area contributed by atoms with Crippen LogP contribution in [0.2, 0.25) is 0 Å². The highest BCUT2D eigenvalue weighted by atomic mass is 16.5. The molecule has 5 heteroatoms. The van der Waals surface area contributed by atoms with Gasteiger partial charge in [0.05, 0.1) is 19.6 Å². The van der Waals surface area contributed by atoms with Gasteiger partial charge in [0.25, 0.3) is 0 Å². The van der Waals surface area contributed by atoms with Crippen molar-refractivity contribution >= 4 is 5.97 Å². The van der Waals surface area contributed by atoms with Gasteiger partial charge in [-0.05, 0) is 0 Å². The molecule has 3 N–H and O–H groups in total. The molecular formula is C8H16N2O3. The van der Waals surface area contributed by atoms with Crippen LogP contribution in [0.15, 0.2) is 0 Å². The third kappa shape index (κ3) is 3.30. The lowest BCUT2D eigenvalue weighted by atomic mass is 10.1. The summed E-state index contributed by atoms with van der Waals surface area (Å²) in [6.07, 6.45) is 0.139. The molecule has 13 heavy (non-hydrogen) atoms. The van der Waals surface area contributed by atoms with E-state index in [2.05, 4.69) is 4.90 Å². The number of hydrogen-bond donors (Lipinski definition) is 2. The molecule has 0 spiro atoms. The Labute approximate surface area is 77.5 Å². The maximum absolute atomic E-state index is 10.5. The van der Waals surface area contributed by atoms with E-state index in [0.717, 1.165) is 13.1 Å². The monoisotopic (exact) mass is 188 g/mol. The Morgan fingerprint density at radius 1 is 1.69 bits per heavy atom. The lowest BCUT2D eigenvalue weighted by Gasteiger charge is -2.34. The SMILES string of the molecule is NCCN1CCOCC1CC(=O)O. The molecule has 1 saturated heterocycles. The second-order valence-corrected chi connectivity index (χ2v) is 3.15. The van der Waals surface area contributed by atoms with Gasteiger partial charge in [-0.1, -0.05) is 0 Å². The van der Waals surface area contributed by atoms with Crippen molar-refractivity contribution in [1.82, 2.24) is 4.90 Å². The van der Waals surface area contributed by atoms with Crippen LogP contribution in [0.5, 0.6) is 0 Å². The summed E-state index contributed by atoms with van der Waals surface area (Å²) in [5.41, 5.74) is 5.42. The number of nitrogens with two attached hydrogens (primary N) is 1. The Balaban J connectivity index is 2.41. The number of carbonyl (C=O) groups is 1. The fraction of sp³-hybridized carbons (Fsp3) is 0.875. The van der Waals surface area contributed by atoms with Gasteiger partial charge in [-0.2, -0.15) is 0 Å². The smallest absolute Gasteiger partial charge is 0.305 e. The minimum absolute atomic E-state index is 0.00481. The number of nitrogens with zero attached hydrogens (tertiary/aromatic N) is 1. The Morgan fingerprint density at radius 3 is 3.08 bits per heavy atom. The molecule has 0 aromatic carbocycles. The number of hydrogen-bond acceptors (Lipinski definition) is 4. The molecule has 0 aliphatic carbocycles. The first-order valence-corrected chi connectivity index (χ1v) is 4.47. The number of carboxylic acids is 1. The summed E-state index contributed by atoms with van der Waals surface area (Å²) >= 11 is 0. The van der Waals surface area contributed by atoms with E-state index in [1.807, 2.05) is 0 Å². The number of carboxylic acid groups (broad SMARTS) is 1. The van der Waals surface area contributed by atoms with Crippen LogP contribution in [-0.2, 0) is 9.53 Å². The van der Waals surface area contributed by atoms with Crippen LogP contribution in [0, 0.1) is 0 Å². The van der Waals surface area contributed by atoms with Crippen molar-refractivity contribution in [2.24, 2.45) is 5.73 Å². The average molecular weight is 188 g/mol. The molecule has 0 amide bonds. The zero-order valence-corrected chi connectivity index (χ0v) is 7.61. The van der Waals surface area contributed by atoms with Crippen LogP contribution < -0.4 is 5.73 Å². The van der Waals surface area contributed by atoms with E-state index in [0.29, 0.717) is 19.8 Å². The summed E-state index contributed by atoms with van der Waals surface area (Å²) in [5.74, 6) is -0.780. The van der Waals surface area contributed by atoms with Crippen LogP contribution >= 0.6 is 0 Å². The minimum atomic E-state index is -0.780. The first kappa shape index (κ1) is 10.4. The van der Waals surface area contributed by atoms with Crippen molar-refractivity contribution in [1.29, 1.82) is 0 Å². The molecule has 1 aliphatic heterocycles. The molecule has 1 heterocycles. The third-order valence-corrected chi connectivity index (χ3v) is 2.18. The number of aliphatic carboxylic acids is 1. The summed E-state index contributed by atoms with van der Waals surface area (Å²) < 4.78 is 5.21. The molecule has 1 unspecified atom stereocenters. The normalized spacial score (nSPS) is 24.5. The topological polar surface area (TPSA) is 75.8 Å². The van der Waals surface area contributed by atoms with E-state index < -0.39 is 5.97 Å². The largest absolute Gasteiger partial charge is 0.481 e. The first-order chi connectivity index (χ1) is 6.24. The lowest BCUT2D eigenvalue weighted by molar-refractivity contribution is -0.140. The Hall–Kier alpha value is -0.650. The van der Waals surface area contributed by atoms with E-state index in [1.54, 1.807) is 0 Å². The fourth-order valence-electron chi connectivity index (χ4n) is 1.54. The number of ether oxygens (including phenoxy) is 1. The average Bonchev–Trinajstić information content (AvgIpc) is 2.08. The van der Waals surface area contributed by atoms with E-state index >= 15 is 0 Å². The summed E-state index contributed by atoms with van der Waals surface area (Å²) in [7, 11) is 0. The van der Waals surface area contributed by atoms with Crippen LogP contribution in [0.3, 0.4) is 0 Å². The van der Waals surface area contributed by atoms with Crippen molar-refractivity contribution in [3.8, 4) is 0 Å². The molecule has 1 rings (SSSR count). The summed E-state index contributed by atoms with van der Waals surface area (Å²) in [4.78, 5) is 12.6. The quantitative estimate of drug-likeness (QED) is 0.599. The Bertz CT molecular complexity index is 173. The molecular weight excluding hydrogens is 172 g/mol. The van der Waals surface area contributed by atoms with E-state index in [1.165, 1.54) is 0 Å². The van der Waals surface area contributed by atoms with Crippen molar-refractivity contribution in [2.75, 3.05) is 32.8 Å². The van der Waals surface area contributed by atoms with Crippen LogP contribution in [0.4, 0.5) is 0 Å². The van der Waals surface area contributed by atoms with Crippen molar-refractivity contribution in [2.45, 2.75) is 12.5 Å². The molecule has 76 valence electrons.